The molecule has 0 aromatic heterocycles. The average Bonchev–Trinajstić information content (AvgIpc) is 2.91. The SMILES string of the molecule is COC(=O)C1=C(C(=O)OC)[Se]C(=C2OCCOC2=S)[Se]1. The Balaban J connectivity index is 2.33. The van der Waals surface area contributed by atoms with Gasteiger partial charge in [0.25, 0.3) is 0 Å². The second-order valence-corrected chi connectivity index (χ2v) is 9.41. The summed E-state index contributed by atoms with van der Waals surface area (Å²) >= 11 is 4.36. The van der Waals surface area contributed by atoms with Crippen molar-refractivity contribution in [3.63, 3.8) is 0 Å². The molecule has 1 saturated heterocycles. The summed E-state index contributed by atoms with van der Waals surface area (Å²) in [6.45, 7) is 0.822. The van der Waals surface area contributed by atoms with Crippen molar-refractivity contribution in [2.24, 2.45) is 0 Å². The monoisotopic (exact) mass is 430 g/mol. The summed E-state index contributed by atoms with van der Waals surface area (Å²) in [5, 5.41) is 0.283. The quantitative estimate of drug-likeness (QED) is 0.255. The molecule has 20 heavy (non-hydrogen) atoms. The van der Waals surface area contributed by atoms with E-state index in [1.807, 2.05) is 0 Å². The molecule has 2 heterocycles. The van der Waals surface area contributed by atoms with Crippen molar-refractivity contribution >= 4 is 59.1 Å². The molecule has 2 aliphatic heterocycles. The van der Waals surface area contributed by atoms with E-state index in [0.29, 0.717) is 27.9 Å². The van der Waals surface area contributed by atoms with Gasteiger partial charge in [-0.1, -0.05) is 0 Å². The summed E-state index contributed by atoms with van der Waals surface area (Å²) in [5.41, 5.74) is 0. The first-order valence-electron chi connectivity index (χ1n) is 5.39. The fourth-order valence-corrected chi connectivity index (χ4v) is 8.43. The van der Waals surface area contributed by atoms with Crippen LogP contribution in [0.25, 0.3) is 0 Å². The minimum atomic E-state index is -0.509. The molecule has 0 N–H and O–H groups in total. The van der Waals surface area contributed by atoms with E-state index in [4.69, 9.17) is 31.2 Å². The molecule has 1 fully saturated rings. The van der Waals surface area contributed by atoms with Gasteiger partial charge < -0.3 is 0 Å². The van der Waals surface area contributed by atoms with Crippen molar-refractivity contribution in [3.05, 3.63) is 18.1 Å². The minimum absolute atomic E-state index is 0.283. The molecule has 0 aromatic rings. The van der Waals surface area contributed by atoms with E-state index in [-0.39, 0.29) is 35.0 Å². The molecule has 108 valence electrons. The van der Waals surface area contributed by atoms with Crippen LogP contribution in [0.15, 0.2) is 18.1 Å². The third-order valence-electron chi connectivity index (χ3n) is 2.27. The van der Waals surface area contributed by atoms with Crippen LogP contribution < -0.4 is 0 Å². The third-order valence-corrected chi connectivity index (χ3v) is 9.01. The topological polar surface area (TPSA) is 71.1 Å². The normalized spacial score (nSPS) is 18.6. The Morgan fingerprint density at radius 1 is 1.05 bits per heavy atom. The summed E-state index contributed by atoms with van der Waals surface area (Å²) in [6, 6.07) is 0. The second-order valence-electron chi connectivity index (χ2n) is 3.45. The predicted octanol–water partition coefficient (Wildman–Crippen LogP) is -0.491. The molecule has 2 aliphatic rings. The summed E-state index contributed by atoms with van der Waals surface area (Å²) in [5.74, 6) is -0.525. The van der Waals surface area contributed by atoms with Gasteiger partial charge in [0.05, 0.1) is 0 Å². The predicted molar refractivity (Wildman–Crippen MR) is 74.1 cm³/mol. The maximum absolute atomic E-state index is 11.8. The van der Waals surface area contributed by atoms with Crippen LogP contribution in [0.5, 0.6) is 0 Å². The first-order valence-corrected chi connectivity index (χ1v) is 9.22. The first kappa shape index (κ1) is 15.5. The van der Waals surface area contributed by atoms with E-state index in [2.05, 4.69) is 0 Å². The zero-order valence-corrected chi connectivity index (χ0v) is 14.8. The Morgan fingerprint density at radius 2 is 1.55 bits per heavy atom. The summed E-state index contributed by atoms with van der Waals surface area (Å²) < 4.78 is 21.8. The van der Waals surface area contributed by atoms with E-state index >= 15 is 0 Å². The number of hydrogen-bond acceptors (Lipinski definition) is 7. The van der Waals surface area contributed by atoms with E-state index in [1.165, 1.54) is 14.2 Å². The van der Waals surface area contributed by atoms with Crippen molar-refractivity contribution in [2.75, 3.05) is 27.4 Å². The molecule has 2 rings (SSSR count). The Hall–Kier alpha value is -0.851. The molecule has 9 heteroatoms. The molecule has 0 aliphatic carbocycles. The maximum atomic E-state index is 11.8. The van der Waals surface area contributed by atoms with Gasteiger partial charge in [0.15, 0.2) is 0 Å². The molecule has 0 unspecified atom stereocenters. The number of ether oxygens (including phenoxy) is 4. The van der Waals surface area contributed by atoms with Crippen LogP contribution in [0, 0.1) is 0 Å². The van der Waals surface area contributed by atoms with Crippen LogP contribution in [-0.4, -0.2) is 74.3 Å². The summed E-state index contributed by atoms with van der Waals surface area (Å²) in [7, 11) is 2.56. The van der Waals surface area contributed by atoms with Gasteiger partial charge >= 0.3 is 133 Å². The molecule has 0 saturated carbocycles. The summed E-state index contributed by atoms with van der Waals surface area (Å²) in [6.07, 6.45) is 0. The number of esters is 2. The number of methoxy groups -OCH3 is 2. The van der Waals surface area contributed by atoms with Crippen molar-refractivity contribution in [1.82, 2.24) is 0 Å². The molecule has 0 bridgehead atoms. The van der Waals surface area contributed by atoms with Gasteiger partial charge in [0.2, 0.25) is 0 Å². The first-order chi connectivity index (χ1) is 9.58. The second kappa shape index (κ2) is 6.74. The van der Waals surface area contributed by atoms with Crippen LogP contribution >= 0.6 is 12.2 Å². The van der Waals surface area contributed by atoms with Crippen LogP contribution in [0.2, 0.25) is 0 Å². The standard InChI is InChI=1S/C11H10O6SSe2/c1-14-8(12)6-7(9(13)15-2)20-11(19-6)5-10(18)17-4-3-16-5/h3-4H2,1-2H3. The zero-order valence-electron chi connectivity index (χ0n) is 10.6. The van der Waals surface area contributed by atoms with Crippen LogP contribution in [0.4, 0.5) is 0 Å². The molecule has 0 atom stereocenters. The van der Waals surface area contributed by atoms with Crippen molar-refractivity contribution in [2.45, 2.75) is 0 Å². The summed E-state index contributed by atoms with van der Waals surface area (Å²) in [4.78, 5) is 23.5. The van der Waals surface area contributed by atoms with Gasteiger partial charge in [-0.25, -0.2) is 0 Å². The molecule has 0 spiro atoms. The van der Waals surface area contributed by atoms with Gasteiger partial charge in [0, 0.05) is 0 Å². The third kappa shape index (κ3) is 3.07. The van der Waals surface area contributed by atoms with Crippen LogP contribution in [-0.2, 0) is 28.5 Å². The number of carbonyl (C=O) groups is 2. The van der Waals surface area contributed by atoms with Crippen LogP contribution in [0.3, 0.4) is 0 Å². The van der Waals surface area contributed by atoms with Gasteiger partial charge in [0.1, 0.15) is 0 Å². The zero-order chi connectivity index (χ0) is 14.7. The molecule has 0 aromatic carbocycles. The Kier molecular flexibility index (Phi) is 5.23. The van der Waals surface area contributed by atoms with E-state index in [0.717, 1.165) is 3.37 Å². The Morgan fingerprint density at radius 3 is 2.00 bits per heavy atom. The van der Waals surface area contributed by atoms with E-state index in [9.17, 15) is 9.59 Å². The molecular formula is C11H10O6SSe2. The fraction of sp³-hybridized carbons (Fsp3) is 0.364. The molecular weight excluding hydrogens is 418 g/mol. The Labute approximate surface area is 133 Å². The van der Waals surface area contributed by atoms with Crippen molar-refractivity contribution < 1.29 is 28.5 Å². The molecule has 6 nitrogen and oxygen atoms in total. The van der Waals surface area contributed by atoms with Crippen molar-refractivity contribution in [1.29, 1.82) is 0 Å². The van der Waals surface area contributed by atoms with Gasteiger partial charge in [-0.3, -0.25) is 0 Å². The number of thiocarbonyl (C=S) groups is 1. The van der Waals surface area contributed by atoms with E-state index in [1.54, 1.807) is 0 Å². The van der Waals surface area contributed by atoms with Crippen LogP contribution in [0.1, 0.15) is 0 Å². The van der Waals surface area contributed by atoms with Gasteiger partial charge in [-0.15, -0.1) is 0 Å². The number of carbonyl (C=O) groups excluding carboxylic acids is 2. The molecule has 0 amide bonds. The molecule has 0 radical (unpaired) electrons. The Bertz CT molecular complexity index is 509. The van der Waals surface area contributed by atoms with Gasteiger partial charge in [-0.05, 0) is 0 Å². The van der Waals surface area contributed by atoms with Gasteiger partial charge in [-0.2, -0.15) is 0 Å². The van der Waals surface area contributed by atoms with Crippen molar-refractivity contribution in [3.8, 4) is 0 Å². The fourth-order valence-electron chi connectivity index (χ4n) is 1.39. The number of hydrogen-bond donors (Lipinski definition) is 0. The number of rotatable bonds is 2. The average molecular weight is 428 g/mol. The van der Waals surface area contributed by atoms with E-state index < -0.39 is 11.9 Å².